The van der Waals surface area contributed by atoms with Crippen LogP contribution in [0.3, 0.4) is 0 Å². The zero-order valence-corrected chi connectivity index (χ0v) is 10.9. The molecule has 0 aliphatic carbocycles. The highest BCUT2D eigenvalue weighted by molar-refractivity contribution is 9.10. The lowest BCUT2D eigenvalue weighted by Crippen LogP contribution is -2.41. The van der Waals surface area contributed by atoms with E-state index in [4.69, 9.17) is 5.11 Å². The van der Waals surface area contributed by atoms with E-state index in [0.29, 0.717) is 10.2 Å². The van der Waals surface area contributed by atoms with Crippen molar-refractivity contribution in [2.75, 3.05) is 6.61 Å². The van der Waals surface area contributed by atoms with E-state index in [1.165, 1.54) is 0 Å². The number of nitrogens with zero attached hydrogens (tertiary/aromatic N) is 1. The highest BCUT2D eigenvalue weighted by Gasteiger charge is 2.16. The van der Waals surface area contributed by atoms with Crippen LogP contribution in [0.25, 0.3) is 0 Å². The molecule has 1 atom stereocenters. The van der Waals surface area contributed by atoms with Crippen LogP contribution in [0.2, 0.25) is 0 Å². The van der Waals surface area contributed by atoms with Crippen LogP contribution in [-0.4, -0.2) is 28.6 Å². The second-order valence-corrected chi connectivity index (χ2v) is 4.69. The van der Waals surface area contributed by atoms with Crippen LogP contribution in [0.1, 0.15) is 24.2 Å². The van der Waals surface area contributed by atoms with Crippen molar-refractivity contribution in [3.63, 3.8) is 0 Å². The highest BCUT2D eigenvalue weighted by Crippen LogP contribution is 2.09. The molecule has 5 heteroatoms. The minimum Gasteiger partial charge on any atom is -0.394 e. The van der Waals surface area contributed by atoms with Crippen molar-refractivity contribution >= 4 is 21.8 Å². The summed E-state index contributed by atoms with van der Waals surface area (Å²) in [4.78, 5) is 15.7. The Kier molecular flexibility index (Phi) is 4.89. The van der Waals surface area contributed by atoms with Crippen LogP contribution in [0.4, 0.5) is 0 Å². The van der Waals surface area contributed by atoms with Gasteiger partial charge in [-0.2, -0.15) is 0 Å². The molecule has 0 aromatic carbocycles. The van der Waals surface area contributed by atoms with Crippen LogP contribution in [0, 0.1) is 5.92 Å². The van der Waals surface area contributed by atoms with Gasteiger partial charge in [-0.15, -0.1) is 0 Å². The van der Waals surface area contributed by atoms with Gasteiger partial charge < -0.3 is 10.4 Å². The Labute approximate surface area is 103 Å². The molecule has 0 saturated heterocycles. The average molecular weight is 287 g/mol. The SMILES string of the molecule is CC(C)[C@@H](CO)NC(=O)c1ccnc(Br)c1. The molecule has 0 aliphatic rings. The monoisotopic (exact) mass is 286 g/mol. The number of carbonyl (C=O) groups excluding carboxylic acids is 1. The fourth-order valence-corrected chi connectivity index (χ4v) is 1.58. The van der Waals surface area contributed by atoms with E-state index in [9.17, 15) is 4.79 Å². The molecule has 4 nitrogen and oxygen atoms in total. The van der Waals surface area contributed by atoms with Crippen molar-refractivity contribution in [3.05, 3.63) is 28.5 Å². The van der Waals surface area contributed by atoms with Crippen molar-refractivity contribution in [2.45, 2.75) is 19.9 Å². The largest absolute Gasteiger partial charge is 0.394 e. The van der Waals surface area contributed by atoms with E-state index in [0.717, 1.165) is 0 Å². The fraction of sp³-hybridized carbons (Fsp3) is 0.455. The van der Waals surface area contributed by atoms with Crippen molar-refractivity contribution in [1.29, 1.82) is 0 Å². The number of aliphatic hydroxyl groups excluding tert-OH is 1. The van der Waals surface area contributed by atoms with Gasteiger partial charge in [0.1, 0.15) is 4.60 Å². The number of amides is 1. The fourth-order valence-electron chi connectivity index (χ4n) is 1.22. The second kappa shape index (κ2) is 5.96. The Hall–Kier alpha value is -0.940. The Morgan fingerprint density at radius 3 is 2.81 bits per heavy atom. The molecule has 0 spiro atoms. The molecule has 1 heterocycles. The van der Waals surface area contributed by atoms with Crippen LogP contribution in [0.15, 0.2) is 22.9 Å². The number of rotatable bonds is 4. The molecule has 0 unspecified atom stereocenters. The van der Waals surface area contributed by atoms with Gasteiger partial charge in [0.05, 0.1) is 12.6 Å². The van der Waals surface area contributed by atoms with Gasteiger partial charge in [-0.25, -0.2) is 4.98 Å². The maximum absolute atomic E-state index is 11.8. The lowest BCUT2D eigenvalue weighted by Gasteiger charge is -2.19. The number of carbonyl (C=O) groups is 1. The van der Waals surface area contributed by atoms with Crippen molar-refractivity contribution < 1.29 is 9.90 Å². The standard InChI is InChI=1S/C11H15BrN2O2/c1-7(2)9(6-15)14-11(16)8-3-4-13-10(12)5-8/h3-5,7,9,15H,6H2,1-2H3,(H,14,16)/t9-/m1/s1. The summed E-state index contributed by atoms with van der Waals surface area (Å²) in [5.74, 6) is -0.00456. The van der Waals surface area contributed by atoms with Crippen LogP contribution >= 0.6 is 15.9 Å². The first-order chi connectivity index (χ1) is 7.54. The van der Waals surface area contributed by atoms with Gasteiger partial charge in [0, 0.05) is 11.8 Å². The topological polar surface area (TPSA) is 62.2 Å². The molecule has 2 N–H and O–H groups in total. The van der Waals surface area contributed by atoms with Crippen LogP contribution < -0.4 is 5.32 Å². The lowest BCUT2D eigenvalue weighted by atomic mass is 10.1. The molecule has 0 aliphatic heterocycles. The summed E-state index contributed by atoms with van der Waals surface area (Å²) in [6, 6.07) is 3.05. The van der Waals surface area contributed by atoms with E-state index in [1.54, 1.807) is 18.3 Å². The quantitative estimate of drug-likeness (QED) is 0.827. The maximum Gasteiger partial charge on any atom is 0.251 e. The summed E-state index contributed by atoms with van der Waals surface area (Å²) >= 11 is 3.20. The molecule has 0 radical (unpaired) electrons. The van der Waals surface area contributed by atoms with Crippen molar-refractivity contribution in [3.8, 4) is 0 Å². The summed E-state index contributed by atoms with van der Waals surface area (Å²) in [5, 5.41) is 11.9. The van der Waals surface area contributed by atoms with Crippen LogP contribution in [0.5, 0.6) is 0 Å². The predicted octanol–water partition coefficient (Wildman–Crippen LogP) is 1.59. The van der Waals surface area contributed by atoms with Gasteiger partial charge in [0.2, 0.25) is 0 Å². The number of nitrogens with one attached hydrogen (secondary N) is 1. The maximum atomic E-state index is 11.8. The molecular weight excluding hydrogens is 272 g/mol. The summed E-state index contributed by atoms with van der Waals surface area (Å²) in [6.07, 6.45) is 1.56. The first-order valence-corrected chi connectivity index (χ1v) is 5.87. The Morgan fingerprint density at radius 2 is 2.31 bits per heavy atom. The minimum absolute atomic E-state index is 0.0599. The number of aromatic nitrogens is 1. The molecule has 1 aromatic heterocycles. The van der Waals surface area contributed by atoms with Crippen molar-refractivity contribution in [1.82, 2.24) is 10.3 Å². The van der Waals surface area contributed by atoms with Gasteiger partial charge >= 0.3 is 0 Å². The third kappa shape index (κ3) is 3.57. The van der Waals surface area contributed by atoms with Crippen molar-refractivity contribution in [2.24, 2.45) is 5.92 Å². The number of hydrogen-bond donors (Lipinski definition) is 2. The van der Waals surface area contributed by atoms with E-state index in [-0.39, 0.29) is 24.5 Å². The lowest BCUT2D eigenvalue weighted by molar-refractivity contribution is 0.0896. The molecule has 1 aromatic rings. The zero-order chi connectivity index (χ0) is 12.1. The average Bonchev–Trinajstić information content (AvgIpc) is 2.25. The first kappa shape index (κ1) is 13.1. The molecule has 88 valence electrons. The van der Waals surface area contributed by atoms with Crippen LogP contribution in [-0.2, 0) is 0 Å². The molecule has 16 heavy (non-hydrogen) atoms. The Bertz CT molecular complexity index is 369. The molecule has 0 saturated carbocycles. The number of halogens is 1. The smallest absolute Gasteiger partial charge is 0.251 e. The molecule has 1 amide bonds. The van der Waals surface area contributed by atoms with Gasteiger partial charge in [-0.3, -0.25) is 4.79 Å². The van der Waals surface area contributed by atoms with E-state index in [2.05, 4.69) is 26.2 Å². The Balaban J connectivity index is 2.72. The van der Waals surface area contributed by atoms with E-state index < -0.39 is 0 Å². The summed E-state index contributed by atoms with van der Waals surface area (Å²) < 4.78 is 0.616. The normalized spacial score (nSPS) is 12.6. The summed E-state index contributed by atoms with van der Waals surface area (Å²) in [6.45, 7) is 3.84. The Morgan fingerprint density at radius 1 is 1.62 bits per heavy atom. The molecule has 0 fully saturated rings. The van der Waals surface area contributed by atoms with Gasteiger partial charge in [-0.05, 0) is 34.0 Å². The molecular formula is C11H15BrN2O2. The molecule has 0 bridgehead atoms. The number of aliphatic hydroxyl groups is 1. The summed E-state index contributed by atoms with van der Waals surface area (Å²) in [7, 11) is 0. The minimum atomic E-state index is -0.223. The third-order valence-corrected chi connectivity index (χ3v) is 2.74. The van der Waals surface area contributed by atoms with Gasteiger partial charge in [-0.1, -0.05) is 13.8 Å². The number of hydrogen-bond acceptors (Lipinski definition) is 3. The summed E-state index contributed by atoms with van der Waals surface area (Å²) in [5.41, 5.74) is 0.529. The first-order valence-electron chi connectivity index (χ1n) is 5.08. The van der Waals surface area contributed by atoms with E-state index in [1.807, 2.05) is 13.8 Å². The second-order valence-electron chi connectivity index (χ2n) is 3.87. The zero-order valence-electron chi connectivity index (χ0n) is 9.27. The van der Waals surface area contributed by atoms with Gasteiger partial charge in [0.15, 0.2) is 0 Å². The third-order valence-electron chi connectivity index (χ3n) is 2.31. The molecule has 1 rings (SSSR count). The predicted molar refractivity (Wildman–Crippen MR) is 65.1 cm³/mol. The highest BCUT2D eigenvalue weighted by atomic mass is 79.9. The number of pyridine rings is 1. The van der Waals surface area contributed by atoms with E-state index >= 15 is 0 Å². The van der Waals surface area contributed by atoms with Gasteiger partial charge in [0.25, 0.3) is 5.91 Å².